The van der Waals surface area contributed by atoms with Crippen LogP contribution in [0, 0.1) is 5.82 Å². The van der Waals surface area contributed by atoms with Gasteiger partial charge in [0, 0.05) is 11.4 Å². The molecule has 0 saturated carbocycles. The van der Waals surface area contributed by atoms with Crippen molar-refractivity contribution >= 4 is 28.2 Å². The fraction of sp³-hybridized carbons (Fsp3) is 0.250. The number of carbonyl (C=O) groups is 2. The van der Waals surface area contributed by atoms with Gasteiger partial charge in [0.15, 0.2) is 0 Å². The largest absolute Gasteiger partial charge is 0.348 e. The lowest BCUT2D eigenvalue weighted by atomic mass is 9.95. The van der Waals surface area contributed by atoms with Crippen LogP contribution in [0.3, 0.4) is 0 Å². The van der Waals surface area contributed by atoms with E-state index in [4.69, 9.17) is 0 Å². The van der Waals surface area contributed by atoms with Gasteiger partial charge in [0.05, 0.1) is 12.0 Å². The van der Waals surface area contributed by atoms with Gasteiger partial charge in [-0.2, -0.15) is 0 Å². The summed E-state index contributed by atoms with van der Waals surface area (Å²) in [5.41, 5.74) is 3.26. The third-order valence-corrected chi connectivity index (χ3v) is 6.41. The van der Waals surface area contributed by atoms with E-state index in [1.165, 1.54) is 28.3 Å². The molecule has 0 unspecified atom stereocenters. The van der Waals surface area contributed by atoms with Crippen LogP contribution in [0.5, 0.6) is 0 Å². The van der Waals surface area contributed by atoms with E-state index < -0.39 is 0 Å². The number of aryl methyl sites for hydroxylation is 1. The SMILES string of the molecule is O=C(Cc1cccc(F)c1)Nc1sc2c(c1C(=O)NCc1ccccc1)CCCC2. The zero-order valence-corrected chi connectivity index (χ0v) is 17.4. The maximum Gasteiger partial charge on any atom is 0.254 e. The molecule has 154 valence electrons. The predicted molar refractivity (Wildman–Crippen MR) is 117 cm³/mol. The van der Waals surface area contributed by atoms with Gasteiger partial charge in [-0.1, -0.05) is 42.5 Å². The Labute approximate surface area is 179 Å². The van der Waals surface area contributed by atoms with Gasteiger partial charge in [-0.25, -0.2) is 4.39 Å². The molecule has 6 heteroatoms. The first kappa shape index (κ1) is 20.3. The first-order chi connectivity index (χ1) is 14.6. The van der Waals surface area contributed by atoms with Gasteiger partial charge in [0.2, 0.25) is 5.91 Å². The van der Waals surface area contributed by atoms with Gasteiger partial charge in [-0.15, -0.1) is 11.3 Å². The van der Waals surface area contributed by atoms with Crippen LogP contribution in [0.25, 0.3) is 0 Å². The van der Waals surface area contributed by atoms with E-state index in [1.807, 2.05) is 30.3 Å². The molecule has 1 aliphatic carbocycles. The Hall–Kier alpha value is -2.99. The molecule has 0 fully saturated rings. The second-order valence-corrected chi connectivity index (χ2v) is 8.54. The number of fused-ring (bicyclic) bond motifs is 1. The van der Waals surface area contributed by atoms with E-state index in [0.717, 1.165) is 36.8 Å². The van der Waals surface area contributed by atoms with Gasteiger partial charge in [0.1, 0.15) is 10.8 Å². The molecule has 1 heterocycles. The molecule has 4 rings (SSSR count). The summed E-state index contributed by atoms with van der Waals surface area (Å²) >= 11 is 1.49. The normalized spacial score (nSPS) is 12.8. The molecule has 0 bridgehead atoms. The van der Waals surface area contributed by atoms with Crippen molar-refractivity contribution in [1.29, 1.82) is 0 Å². The number of hydrogen-bond acceptors (Lipinski definition) is 3. The Morgan fingerprint density at radius 1 is 0.967 bits per heavy atom. The van der Waals surface area contributed by atoms with Crippen molar-refractivity contribution < 1.29 is 14.0 Å². The second-order valence-electron chi connectivity index (χ2n) is 7.44. The molecule has 30 heavy (non-hydrogen) atoms. The molecular formula is C24H23FN2O2S. The van der Waals surface area contributed by atoms with E-state index in [1.54, 1.807) is 12.1 Å². The van der Waals surface area contributed by atoms with Crippen molar-refractivity contribution in [2.45, 2.75) is 38.6 Å². The highest BCUT2D eigenvalue weighted by molar-refractivity contribution is 7.17. The summed E-state index contributed by atoms with van der Waals surface area (Å²) < 4.78 is 13.4. The third kappa shape index (κ3) is 4.76. The smallest absolute Gasteiger partial charge is 0.254 e. The van der Waals surface area contributed by atoms with E-state index >= 15 is 0 Å². The molecule has 3 aromatic rings. The minimum atomic E-state index is -0.368. The zero-order valence-electron chi connectivity index (χ0n) is 16.5. The number of amides is 2. The first-order valence-electron chi connectivity index (χ1n) is 10.1. The van der Waals surface area contributed by atoms with Gasteiger partial charge < -0.3 is 10.6 Å². The molecule has 2 amide bonds. The van der Waals surface area contributed by atoms with E-state index in [9.17, 15) is 14.0 Å². The fourth-order valence-electron chi connectivity index (χ4n) is 3.76. The highest BCUT2D eigenvalue weighted by Gasteiger charge is 2.26. The van der Waals surface area contributed by atoms with E-state index in [0.29, 0.717) is 22.7 Å². The lowest BCUT2D eigenvalue weighted by Crippen LogP contribution is -2.25. The summed E-state index contributed by atoms with van der Waals surface area (Å²) in [5.74, 6) is -0.788. The average molecular weight is 423 g/mol. The summed E-state index contributed by atoms with van der Waals surface area (Å²) in [7, 11) is 0. The number of hydrogen-bond donors (Lipinski definition) is 2. The minimum absolute atomic E-state index is 0.0609. The number of thiophene rings is 1. The second kappa shape index (κ2) is 9.22. The van der Waals surface area contributed by atoms with Crippen LogP contribution in [0.15, 0.2) is 54.6 Å². The molecule has 0 atom stereocenters. The van der Waals surface area contributed by atoms with Crippen LogP contribution < -0.4 is 10.6 Å². The maximum atomic E-state index is 13.4. The van der Waals surface area contributed by atoms with Gasteiger partial charge >= 0.3 is 0 Å². The summed E-state index contributed by atoms with van der Waals surface area (Å²) in [6.45, 7) is 0.432. The number of nitrogens with one attached hydrogen (secondary N) is 2. The molecule has 2 aromatic carbocycles. The van der Waals surface area contributed by atoms with Crippen molar-refractivity contribution in [2.24, 2.45) is 0 Å². The van der Waals surface area contributed by atoms with Crippen LogP contribution in [0.1, 0.15) is 44.8 Å². The number of rotatable bonds is 6. The Bertz CT molecular complexity index is 1060. The molecule has 0 spiro atoms. The Morgan fingerprint density at radius 3 is 2.53 bits per heavy atom. The summed E-state index contributed by atoms with van der Waals surface area (Å²) in [4.78, 5) is 26.8. The van der Waals surface area contributed by atoms with Crippen molar-refractivity contribution in [1.82, 2.24) is 5.32 Å². The summed E-state index contributed by atoms with van der Waals surface area (Å²) in [6, 6.07) is 15.7. The van der Waals surface area contributed by atoms with Crippen LogP contribution in [-0.4, -0.2) is 11.8 Å². The first-order valence-corrected chi connectivity index (χ1v) is 10.9. The summed E-state index contributed by atoms with van der Waals surface area (Å²) in [5, 5.41) is 6.49. The standard InChI is InChI=1S/C24H23FN2O2S/c25-18-10-6-9-17(13-18)14-21(28)27-24-22(19-11-4-5-12-20(19)30-24)23(29)26-15-16-7-2-1-3-8-16/h1-3,6-10,13H,4-5,11-12,14-15H2,(H,26,29)(H,27,28). The lowest BCUT2D eigenvalue weighted by Gasteiger charge is -2.13. The molecule has 4 nitrogen and oxygen atoms in total. The molecular weight excluding hydrogens is 399 g/mol. The average Bonchev–Trinajstić information content (AvgIpc) is 3.10. The molecule has 1 aliphatic rings. The van der Waals surface area contributed by atoms with Gasteiger partial charge in [-0.3, -0.25) is 9.59 Å². The van der Waals surface area contributed by atoms with E-state index in [2.05, 4.69) is 10.6 Å². The predicted octanol–water partition coefficient (Wildman–Crippen LogP) is 4.88. The quantitative estimate of drug-likeness (QED) is 0.595. The van der Waals surface area contributed by atoms with Crippen molar-refractivity contribution in [3.8, 4) is 0 Å². The Kier molecular flexibility index (Phi) is 6.23. The topological polar surface area (TPSA) is 58.2 Å². The lowest BCUT2D eigenvalue weighted by molar-refractivity contribution is -0.115. The van der Waals surface area contributed by atoms with Gasteiger partial charge in [0.25, 0.3) is 5.91 Å². The minimum Gasteiger partial charge on any atom is -0.348 e. The fourth-order valence-corrected chi connectivity index (χ4v) is 5.07. The van der Waals surface area contributed by atoms with Crippen LogP contribution in [0.4, 0.5) is 9.39 Å². The highest BCUT2D eigenvalue weighted by Crippen LogP contribution is 2.38. The van der Waals surface area contributed by atoms with Crippen LogP contribution >= 0.6 is 11.3 Å². The molecule has 1 aromatic heterocycles. The van der Waals surface area contributed by atoms with Crippen LogP contribution in [-0.2, 0) is 30.6 Å². The van der Waals surface area contributed by atoms with Crippen molar-refractivity contribution in [2.75, 3.05) is 5.32 Å². The monoisotopic (exact) mass is 422 g/mol. The Balaban J connectivity index is 1.53. The summed E-state index contributed by atoms with van der Waals surface area (Å²) in [6.07, 6.45) is 3.97. The van der Waals surface area contributed by atoms with Gasteiger partial charge in [-0.05, 0) is 54.5 Å². The molecule has 2 N–H and O–H groups in total. The zero-order chi connectivity index (χ0) is 20.9. The molecule has 0 saturated heterocycles. The van der Waals surface area contributed by atoms with E-state index in [-0.39, 0.29) is 24.1 Å². The van der Waals surface area contributed by atoms with Crippen LogP contribution in [0.2, 0.25) is 0 Å². The maximum absolute atomic E-state index is 13.4. The Morgan fingerprint density at radius 2 is 1.73 bits per heavy atom. The number of carbonyl (C=O) groups excluding carboxylic acids is 2. The molecule has 0 aliphatic heterocycles. The third-order valence-electron chi connectivity index (χ3n) is 5.20. The molecule has 0 radical (unpaired) electrons. The number of halogens is 1. The number of benzene rings is 2. The van der Waals surface area contributed by atoms with Crippen molar-refractivity contribution in [3.63, 3.8) is 0 Å². The highest BCUT2D eigenvalue weighted by atomic mass is 32.1. The number of anilines is 1. The van der Waals surface area contributed by atoms with Crippen molar-refractivity contribution in [3.05, 3.63) is 87.5 Å².